The van der Waals surface area contributed by atoms with Gasteiger partial charge in [0.25, 0.3) is 0 Å². The SMILES string of the molecule is CC1(C)COP(=O)([C@](C)(O)c2ccc(Cl)cc2)OC1. The number of hydrogen-bond acceptors (Lipinski definition) is 4. The second-order valence-electron chi connectivity index (χ2n) is 5.74. The van der Waals surface area contributed by atoms with Crippen LogP contribution in [0.15, 0.2) is 24.3 Å². The zero-order chi connectivity index (χ0) is 14.3. The van der Waals surface area contributed by atoms with Crippen molar-refractivity contribution in [1.29, 1.82) is 0 Å². The lowest BCUT2D eigenvalue weighted by Gasteiger charge is -2.40. The molecule has 1 aliphatic rings. The molecule has 19 heavy (non-hydrogen) atoms. The Kier molecular flexibility index (Phi) is 3.85. The van der Waals surface area contributed by atoms with Crippen molar-refractivity contribution in [2.75, 3.05) is 13.2 Å². The van der Waals surface area contributed by atoms with Gasteiger partial charge in [-0.2, -0.15) is 0 Å². The van der Waals surface area contributed by atoms with Gasteiger partial charge in [-0.3, -0.25) is 4.57 Å². The minimum Gasteiger partial charge on any atom is -0.373 e. The van der Waals surface area contributed by atoms with E-state index in [0.717, 1.165) is 0 Å². The Balaban J connectivity index is 2.29. The number of rotatable bonds is 2. The third-order valence-corrected chi connectivity index (χ3v) is 5.69. The van der Waals surface area contributed by atoms with Gasteiger partial charge in [-0.15, -0.1) is 0 Å². The van der Waals surface area contributed by atoms with Crippen molar-refractivity contribution in [2.45, 2.75) is 26.1 Å². The van der Waals surface area contributed by atoms with Crippen LogP contribution in [-0.4, -0.2) is 18.3 Å². The molecule has 4 nitrogen and oxygen atoms in total. The van der Waals surface area contributed by atoms with Gasteiger partial charge in [0.15, 0.2) is 5.34 Å². The predicted molar refractivity (Wildman–Crippen MR) is 74.3 cm³/mol. The van der Waals surface area contributed by atoms with Crippen LogP contribution in [0.2, 0.25) is 5.02 Å². The topological polar surface area (TPSA) is 55.8 Å². The highest BCUT2D eigenvalue weighted by molar-refractivity contribution is 7.54. The highest BCUT2D eigenvalue weighted by Gasteiger charge is 2.51. The Labute approximate surface area is 118 Å². The van der Waals surface area contributed by atoms with E-state index in [4.69, 9.17) is 20.6 Å². The van der Waals surface area contributed by atoms with E-state index in [0.29, 0.717) is 10.6 Å². The molecule has 0 aliphatic carbocycles. The molecule has 2 rings (SSSR count). The van der Waals surface area contributed by atoms with Gasteiger partial charge < -0.3 is 14.2 Å². The van der Waals surface area contributed by atoms with Crippen molar-refractivity contribution in [3.63, 3.8) is 0 Å². The van der Waals surface area contributed by atoms with Gasteiger partial charge >= 0.3 is 7.60 Å². The maximum atomic E-state index is 12.7. The lowest BCUT2D eigenvalue weighted by molar-refractivity contribution is 0.000378. The van der Waals surface area contributed by atoms with E-state index in [2.05, 4.69) is 0 Å². The van der Waals surface area contributed by atoms with Crippen LogP contribution < -0.4 is 0 Å². The minimum atomic E-state index is -3.62. The average Bonchev–Trinajstić information content (AvgIpc) is 2.34. The second-order valence-corrected chi connectivity index (χ2v) is 8.55. The quantitative estimate of drug-likeness (QED) is 0.845. The van der Waals surface area contributed by atoms with E-state index in [1.54, 1.807) is 24.3 Å². The second kappa shape index (κ2) is 4.87. The summed E-state index contributed by atoms with van der Waals surface area (Å²) in [6, 6.07) is 6.50. The number of hydrogen-bond donors (Lipinski definition) is 1. The Bertz CT molecular complexity index is 496. The summed E-state index contributed by atoms with van der Waals surface area (Å²) in [7, 11) is -3.62. The standard InChI is InChI=1S/C13H18ClO4P/c1-12(2)8-17-19(16,18-9-12)13(3,15)10-4-6-11(14)7-5-10/h4-7,15H,8-9H2,1-3H3/t13-/m0/s1. The summed E-state index contributed by atoms with van der Waals surface area (Å²) in [5.41, 5.74) is 0.254. The average molecular weight is 305 g/mol. The summed E-state index contributed by atoms with van der Waals surface area (Å²) < 4.78 is 23.5. The highest BCUT2D eigenvalue weighted by atomic mass is 35.5. The molecule has 6 heteroatoms. The summed E-state index contributed by atoms with van der Waals surface area (Å²) in [6.07, 6.45) is 0. The lowest BCUT2D eigenvalue weighted by atomic mass is 9.97. The first-order chi connectivity index (χ1) is 8.66. The van der Waals surface area contributed by atoms with E-state index in [1.807, 2.05) is 13.8 Å². The molecule has 106 valence electrons. The van der Waals surface area contributed by atoms with Crippen LogP contribution in [0.3, 0.4) is 0 Å². The number of halogens is 1. The fourth-order valence-electron chi connectivity index (χ4n) is 1.77. The summed E-state index contributed by atoms with van der Waals surface area (Å²) >= 11 is 5.81. The molecule has 1 aromatic rings. The van der Waals surface area contributed by atoms with Gasteiger partial charge in [0, 0.05) is 10.4 Å². The van der Waals surface area contributed by atoms with E-state index in [-0.39, 0.29) is 18.6 Å². The van der Waals surface area contributed by atoms with Crippen LogP contribution in [0, 0.1) is 5.41 Å². The maximum Gasteiger partial charge on any atom is 0.366 e. The van der Waals surface area contributed by atoms with Crippen molar-refractivity contribution < 1.29 is 18.7 Å². The molecule has 1 heterocycles. The van der Waals surface area contributed by atoms with E-state index < -0.39 is 12.9 Å². The monoisotopic (exact) mass is 304 g/mol. The minimum absolute atomic E-state index is 0.204. The van der Waals surface area contributed by atoms with Gasteiger partial charge in [-0.1, -0.05) is 37.6 Å². The predicted octanol–water partition coefficient (Wildman–Crippen LogP) is 3.77. The van der Waals surface area contributed by atoms with E-state index in [9.17, 15) is 9.67 Å². The maximum absolute atomic E-state index is 12.7. The molecule has 0 saturated carbocycles. The van der Waals surface area contributed by atoms with Crippen molar-refractivity contribution >= 4 is 19.2 Å². The largest absolute Gasteiger partial charge is 0.373 e. The smallest absolute Gasteiger partial charge is 0.366 e. The molecule has 1 atom stereocenters. The molecule has 0 radical (unpaired) electrons. The Morgan fingerprint density at radius 1 is 1.26 bits per heavy atom. The van der Waals surface area contributed by atoms with E-state index >= 15 is 0 Å². The zero-order valence-electron chi connectivity index (χ0n) is 11.2. The summed E-state index contributed by atoms with van der Waals surface area (Å²) in [5, 5.41) is 9.43. The van der Waals surface area contributed by atoms with Crippen molar-refractivity contribution in [3.8, 4) is 0 Å². The normalized spacial score (nSPS) is 24.7. The van der Waals surface area contributed by atoms with Crippen molar-refractivity contribution in [3.05, 3.63) is 34.9 Å². The molecular weight excluding hydrogens is 287 g/mol. The van der Waals surface area contributed by atoms with Crippen LogP contribution in [0.1, 0.15) is 26.3 Å². The van der Waals surface area contributed by atoms with Crippen LogP contribution in [-0.2, 0) is 19.0 Å². The molecule has 1 saturated heterocycles. The third kappa shape index (κ3) is 2.88. The van der Waals surface area contributed by atoms with Crippen LogP contribution >= 0.6 is 19.2 Å². The van der Waals surface area contributed by atoms with Gasteiger partial charge in [0.1, 0.15) is 0 Å². The van der Waals surface area contributed by atoms with Gasteiger partial charge in [0.2, 0.25) is 0 Å². The Morgan fingerprint density at radius 2 is 1.74 bits per heavy atom. The molecule has 1 aromatic carbocycles. The van der Waals surface area contributed by atoms with Crippen LogP contribution in [0.25, 0.3) is 0 Å². The molecule has 1 N–H and O–H groups in total. The molecule has 0 unspecified atom stereocenters. The van der Waals surface area contributed by atoms with Crippen molar-refractivity contribution in [1.82, 2.24) is 0 Å². The number of benzene rings is 1. The zero-order valence-corrected chi connectivity index (χ0v) is 12.9. The van der Waals surface area contributed by atoms with Gasteiger partial charge in [-0.05, 0) is 24.6 Å². The van der Waals surface area contributed by atoms with Crippen LogP contribution in [0.4, 0.5) is 0 Å². The molecule has 1 aliphatic heterocycles. The van der Waals surface area contributed by atoms with Gasteiger partial charge in [-0.25, -0.2) is 0 Å². The third-order valence-electron chi connectivity index (χ3n) is 3.17. The first kappa shape index (κ1) is 15.0. The Morgan fingerprint density at radius 3 is 2.21 bits per heavy atom. The first-order valence-electron chi connectivity index (χ1n) is 6.04. The molecule has 0 aromatic heterocycles. The fourth-order valence-corrected chi connectivity index (χ4v) is 3.98. The molecule has 0 bridgehead atoms. The highest BCUT2D eigenvalue weighted by Crippen LogP contribution is 2.66. The van der Waals surface area contributed by atoms with Crippen molar-refractivity contribution in [2.24, 2.45) is 5.41 Å². The van der Waals surface area contributed by atoms with Gasteiger partial charge in [0.05, 0.1) is 13.2 Å². The molecule has 0 amide bonds. The molecule has 1 fully saturated rings. The van der Waals surface area contributed by atoms with E-state index in [1.165, 1.54) is 6.92 Å². The summed E-state index contributed by atoms with van der Waals surface area (Å²) in [5.74, 6) is 0. The first-order valence-corrected chi connectivity index (χ1v) is 7.96. The molecule has 0 spiro atoms. The Hall–Kier alpha value is -0.380. The lowest BCUT2D eigenvalue weighted by Crippen LogP contribution is -2.35. The molecular formula is C13H18ClO4P. The summed E-state index contributed by atoms with van der Waals surface area (Å²) in [6.45, 7) is 5.92. The number of aliphatic hydroxyl groups is 1. The van der Waals surface area contributed by atoms with Crippen LogP contribution in [0.5, 0.6) is 0 Å². The summed E-state index contributed by atoms with van der Waals surface area (Å²) in [4.78, 5) is 0. The fraction of sp³-hybridized carbons (Fsp3) is 0.538.